The Labute approximate surface area is 80.1 Å². The molecule has 0 atom stereocenters. The monoisotopic (exact) mass is 227 g/mol. The molecule has 0 amide bonds. The summed E-state index contributed by atoms with van der Waals surface area (Å²) in [5.74, 6) is 0.928. The molecule has 0 unspecified atom stereocenters. The smallest absolute Gasteiger partial charge is 0.143 e. The summed E-state index contributed by atoms with van der Waals surface area (Å²) in [5.41, 5.74) is 2.49. The van der Waals surface area contributed by atoms with Crippen LogP contribution >= 0.6 is 15.9 Å². The predicted molar refractivity (Wildman–Crippen MR) is 52.9 cm³/mol. The lowest BCUT2D eigenvalue weighted by Gasteiger charge is -2.07. The van der Waals surface area contributed by atoms with Crippen molar-refractivity contribution in [2.24, 2.45) is 0 Å². The van der Waals surface area contributed by atoms with Gasteiger partial charge in [0.15, 0.2) is 0 Å². The van der Waals surface area contributed by atoms with Gasteiger partial charge in [0, 0.05) is 11.0 Å². The molecule has 0 saturated carbocycles. The first kappa shape index (κ1) is 7.92. The lowest BCUT2D eigenvalue weighted by molar-refractivity contribution is 0.416. The van der Waals surface area contributed by atoms with Crippen molar-refractivity contribution in [1.82, 2.24) is 0 Å². The van der Waals surface area contributed by atoms with Crippen molar-refractivity contribution in [3.05, 3.63) is 22.2 Å². The summed E-state index contributed by atoms with van der Waals surface area (Å²) < 4.78 is 6.33. The Bertz CT molecular complexity index is 312. The van der Waals surface area contributed by atoms with Gasteiger partial charge < -0.3 is 10.1 Å². The van der Waals surface area contributed by atoms with Gasteiger partial charge >= 0.3 is 0 Å². The van der Waals surface area contributed by atoms with Gasteiger partial charge in [0.1, 0.15) is 5.75 Å². The van der Waals surface area contributed by atoms with E-state index in [9.17, 15) is 0 Å². The number of anilines is 1. The van der Waals surface area contributed by atoms with Crippen LogP contribution in [0.1, 0.15) is 5.56 Å². The van der Waals surface area contributed by atoms with E-state index in [0.29, 0.717) is 0 Å². The molecule has 0 fully saturated rings. The summed E-state index contributed by atoms with van der Waals surface area (Å²) >= 11 is 3.45. The molecule has 0 aliphatic carbocycles. The van der Waals surface area contributed by atoms with E-state index in [-0.39, 0.29) is 0 Å². The van der Waals surface area contributed by atoms with Gasteiger partial charge in [-0.15, -0.1) is 0 Å². The average Bonchev–Trinajstić information content (AvgIpc) is 2.50. The summed E-state index contributed by atoms with van der Waals surface area (Å²) in [6.07, 6.45) is 1.09. The van der Waals surface area contributed by atoms with Gasteiger partial charge in [0.05, 0.1) is 12.8 Å². The third-order valence-electron chi connectivity index (χ3n) is 2.06. The molecule has 2 nitrogen and oxygen atoms in total. The number of rotatable bonds is 1. The molecule has 0 spiro atoms. The fourth-order valence-electron chi connectivity index (χ4n) is 1.52. The fourth-order valence-corrected chi connectivity index (χ4v) is 2.00. The van der Waals surface area contributed by atoms with Crippen molar-refractivity contribution < 1.29 is 4.74 Å². The second-order valence-corrected chi connectivity index (χ2v) is 3.73. The predicted octanol–water partition coefficient (Wildman–Crippen LogP) is 2.43. The van der Waals surface area contributed by atoms with Crippen LogP contribution < -0.4 is 10.1 Å². The highest BCUT2D eigenvalue weighted by Gasteiger charge is 2.15. The van der Waals surface area contributed by atoms with Crippen LogP contribution in [-0.2, 0) is 6.42 Å². The fraction of sp³-hybridized carbons (Fsp3) is 0.333. The maximum absolute atomic E-state index is 5.25. The molecule has 1 aromatic carbocycles. The molecule has 1 N–H and O–H groups in total. The van der Waals surface area contributed by atoms with Crippen LogP contribution in [0.5, 0.6) is 5.75 Å². The number of fused-ring (bicyclic) bond motifs is 1. The van der Waals surface area contributed by atoms with Crippen molar-refractivity contribution in [3.8, 4) is 5.75 Å². The Hall–Kier alpha value is -0.700. The van der Waals surface area contributed by atoms with Gasteiger partial charge in [-0.2, -0.15) is 0 Å². The zero-order valence-corrected chi connectivity index (χ0v) is 8.44. The summed E-state index contributed by atoms with van der Waals surface area (Å²) in [6.45, 7) is 1.02. The lowest BCUT2D eigenvalue weighted by atomic mass is 10.1. The van der Waals surface area contributed by atoms with Gasteiger partial charge in [-0.1, -0.05) is 15.9 Å². The maximum Gasteiger partial charge on any atom is 0.143 e. The first-order valence-electron chi connectivity index (χ1n) is 3.91. The zero-order valence-electron chi connectivity index (χ0n) is 6.86. The van der Waals surface area contributed by atoms with E-state index in [0.717, 1.165) is 28.9 Å². The van der Waals surface area contributed by atoms with Crippen LogP contribution in [0.3, 0.4) is 0 Å². The van der Waals surface area contributed by atoms with Crippen molar-refractivity contribution in [3.63, 3.8) is 0 Å². The highest BCUT2D eigenvalue weighted by Crippen LogP contribution is 2.35. The Balaban J connectivity index is 2.55. The van der Waals surface area contributed by atoms with E-state index in [2.05, 4.69) is 27.3 Å². The zero-order chi connectivity index (χ0) is 8.55. The second-order valence-electron chi connectivity index (χ2n) is 2.82. The van der Waals surface area contributed by atoms with Crippen LogP contribution in [0.4, 0.5) is 5.69 Å². The van der Waals surface area contributed by atoms with E-state index in [1.54, 1.807) is 7.11 Å². The number of methoxy groups -OCH3 is 1. The highest BCUT2D eigenvalue weighted by atomic mass is 79.9. The Morgan fingerprint density at radius 2 is 2.33 bits per heavy atom. The highest BCUT2D eigenvalue weighted by molar-refractivity contribution is 9.10. The molecule has 2 rings (SSSR count). The Morgan fingerprint density at radius 1 is 1.50 bits per heavy atom. The quantitative estimate of drug-likeness (QED) is 0.796. The number of nitrogens with one attached hydrogen (secondary N) is 1. The van der Waals surface area contributed by atoms with Crippen LogP contribution in [-0.4, -0.2) is 13.7 Å². The third kappa shape index (κ3) is 1.18. The van der Waals surface area contributed by atoms with Crippen molar-refractivity contribution in [1.29, 1.82) is 0 Å². The minimum absolute atomic E-state index is 0.928. The maximum atomic E-state index is 5.25. The standard InChI is InChI=1S/C9H10BrNO/c1-12-8-5-7(10)4-6-2-3-11-9(6)8/h4-5,11H,2-3H2,1H3. The van der Waals surface area contributed by atoms with E-state index in [1.165, 1.54) is 5.56 Å². The second kappa shape index (κ2) is 2.98. The molecule has 64 valence electrons. The Kier molecular flexibility index (Phi) is 1.97. The van der Waals surface area contributed by atoms with Crippen LogP contribution in [0.15, 0.2) is 16.6 Å². The number of ether oxygens (including phenoxy) is 1. The number of halogens is 1. The lowest BCUT2D eigenvalue weighted by Crippen LogP contribution is -1.94. The Morgan fingerprint density at radius 3 is 3.08 bits per heavy atom. The molecular formula is C9H10BrNO. The van der Waals surface area contributed by atoms with E-state index < -0.39 is 0 Å². The first-order chi connectivity index (χ1) is 5.81. The van der Waals surface area contributed by atoms with E-state index >= 15 is 0 Å². The average molecular weight is 228 g/mol. The summed E-state index contributed by atoms with van der Waals surface area (Å²) in [7, 11) is 1.70. The molecule has 0 aromatic heterocycles. The van der Waals surface area contributed by atoms with E-state index in [4.69, 9.17) is 4.74 Å². The number of hydrogen-bond acceptors (Lipinski definition) is 2. The molecule has 1 aliphatic rings. The molecule has 1 heterocycles. The number of benzene rings is 1. The molecule has 0 radical (unpaired) electrons. The van der Waals surface area contributed by atoms with Crippen LogP contribution in [0.25, 0.3) is 0 Å². The van der Waals surface area contributed by atoms with Crippen LogP contribution in [0.2, 0.25) is 0 Å². The minimum atomic E-state index is 0.928. The van der Waals surface area contributed by atoms with Crippen molar-refractivity contribution >= 4 is 21.6 Å². The summed E-state index contributed by atoms with van der Waals surface area (Å²) in [6, 6.07) is 4.12. The summed E-state index contributed by atoms with van der Waals surface area (Å²) in [4.78, 5) is 0. The molecule has 3 heteroatoms. The van der Waals surface area contributed by atoms with Gasteiger partial charge in [-0.25, -0.2) is 0 Å². The van der Waals surface area contributed by atoms with Crippen molar-refractivity contribution in [2.45, 2.75) is 6.42 Å². The minimum Gasteiger partial charge on any atom is -0.495 e. The summed E-state index contributed by atoms with van der Waals surface area (Å²) in [5, 5.41) is 3.30. The normalized spacial score (nSPS) is 13.8. The first-order valence-corrected chi connectivity index (χ1v) is 4.71. The molecule has 1 aromatic rings. The molecule has 1 aliphatic heterocycles. The van der Waals surface area contributed by atoms with Gasteiger partial charge in [-0.05, 0) is 24.1 Å². The van der Waals surface area contributed by atoms with Crippen molar-refractivity contribution in [2.75, 3.05) is 19.0 Å². The molecular weight excluding hydrogens is 218 g/mol. The van der Waals surface area contributed by atoms with Gasteiger partial charge in [-0.3, -0.25) is 0 Å². The van der Waals surface area contributed by atoms with Crippen LogP contribution in [0, 0.1) is 0 Å². The largest absolute Gasteiger partial charge is 0.495 e. The van der Waals surface area contributed by atoms with Gasteiger partial charge in [0.2, 0.25) is 0 Å². The number of hydrogen-bond donors (Lipinski definition) is 1. The molecule has 12 heavy (non-hydrogen) atoms. The third-order valence-corrected chi connectivity index (χ3v) is 2.52. The van der Waals surface area contributed by atoms with Gasteiger partial charge in [0.25, 0.3) is 0 Å². The van der Waals surface area contributed by atoms with E-state index in [1.807, 2.05) is 6.07 Å². The SMILES string of the molecule is COc1cc(Br)cc2c1NCC2. The topological polar surface area (TPSA) is 21.3 Å². The molecule has 0 bridgehead atoms. The molecule has 0 saturated heterocycles.